The number of carbonyl (C=O) groups is 1. The molecule has 8 nitrogen and oxygen atoms in total. The Balaban J connectivity index is 1.32. The van der Waals surface area contributed by atoms with Gasteiger partial charge in [0.2, 0.25) is 15.9 Å². The van der Waals surface area contributed by atoms with Crippen LogP contribution in [-0.2, 0) is 21.2 Å². The lowest BCUT2D eigenvalue weighted by Crippen LogP contribution is -2.21. The number of anilines is 1. The summed E-state index contributed by atoms with van der Waals surface area (Å²) in [5, 5.41) is 3.51. The summed E-state index contributed by atoms with van der Waals surface area (Å²) in [7, 11) is -3.67. The first-order valence-electron chi connectivity index (χ1n) is 11.6. The van der Waals surface area contributed by atoms with E-state index in [1.54, 1.807) is 23.5 Å². The first kappa shape index (κ1) is 22.7. The maximum absolute atomic E-state index is 12.2. The molecule has 0 saturated carbocycles. The number of imidazole rings is 1. The van der Waals surface area contributed by atoms with Crippen molar-refractivity contribution in [2.45, 2.75) is 31.1 Å². The highest BCUT2D eigenvalue weighted by atomic mass is 32.2. The zero-order valence-electron chi connectivity index (χ0n) is 19.4. The summed E-state index contributed by atoms with van der Waals surface area (Å²) in [5.74, 6) is 0.330. The SMILES string of the molecule is Cc1ccc2nc([C@H](Cc3ccc(C4CC(=O)NS4(=O)=O)cc3)Nc3nc4ccccc4s3)[nH]c2c1. The number of rotatable bonds is 6. The molecule has 0 spiro atoms. The first-order valence-corrected chi connectivity index (χ1v) is 13.9. The molecule has 0 aliphatic carbocycles. The van der Waals surface area contributed by atoms with Crippen molar-refractivity contribution in [3.05, 3.63) is 89.2 Å². The highest BCUT2D eigenvalue weighted by Crippen LogP contribution is 2.32. The number of aromatic nitrogens is 3. The van der Waals surface area contributed by atoms with E-state index >= 15 is 0 Å². The molecule has 0 radical (unpaired) electrons. The number of amides is 1. The summed E-state index contributed by atoms with van der Waals surface area (Å²) in [6.45, 7) is 2.05. The highest BCUT2D eigenvalue weighted by Gasteiger charge is 2.37. The Morgan fingerprint density at radius 2 is 1.86 bits per heavy atom. The maximum atomic E-state index is 12.2. The number of para-hydroxylation sites is 1. The minimum atomic E-state index is -3.67. The van der Waals surface area contributed by atoms with Crippen LogP contribution < -0.4 is 10.0 Å². The number of benzene rings is 3. The minimum Gasteiger partial charge on any atom is -0.351 e. The van der Waals surface area contributed by atoms with E-state index in [1.165, 1.54) is 0 Å². The third-order valence-corrected chi connectivity index (χ3v) is 9.04. The molecule has 3 aromatic carbocycles. The van der Waals surface area contributed by atoms with E-state index in [0.29, 0.717) is 12.0 Å². The van der Waals surface area contributed by atoms with Crippen LogP contribution in [0.1, 0.15) is 40.2 Å². The number of fused-ring (bicyclic) bond motifs is 2. The number of thiazole rings is 1. The van der Waals surface area contributed by atoms with Crippen LogP contribution in [-0.4, -0.2) is 29.3 Å². The fourth-order valence-corrected chi connectivity index (χ4v) is 6.91. The smallest absolute Gasteiger partial charge is 0.242 e. The van der Waals surface area contributed by atoms with Crippen LogP contribution in [0.25, 0.3) is 21.3 Å². The van der Waals surface area contributed by atoms with Gasteiger partial charge in [0.1, 0.15) is 11.1 Å². The molecule has 0 bridgehead atoms. The van der Waals surface area contributed by atoms with Crippen molar-refractivity contribution in [1.82, 2.24) is 19.7 Å². The van der Waals surface area contributed by atoms with E-state index in [2.05, 4.69) is 21.1 Å². The number of carbonyl (C=O) groups excluding carboxylic acids is 1. The number of sulfonamides is 1. The molecule has 1 aliphatic rings. The third-order valence-electron chi connectivity index (χ3n) is 6.37. The second-order valence-electron chi connectivity index (χ2n) is 9.04. The lowest BCUT2D eigenvalue weighted by molar-refractivity contribution is -0.118. The number of hydrogen-bond donors (Lipinski definition) is 3. The van der Waals surface area contributed by atoms with Gasteiger partial charge in [-0.2, -0.15) is 0 Å². The molecule has 1 aliphatic heterocycles. The Bertz CT molecular complexity index is 1670. The molecule has 36 heavy (non-hydrogen) atoms. The van der Waals surface area contributed by atoms with Crippen molar-refractivity contribution >= 4 is 53.6 Å². The number of hydrogen-bond acceptors (Lipinski definition) is 7. The lowest BCUT2D eigenvalue weighted by atomic mass is 10.0. The van der Waals surface area contributed by atoms with E-state index in [0.717, 1.165) is 43.3 Å². The lowest BCUT2D eigenvalue weighted by Gasteiger charge is -2.17. The van der Waals surface area contributed by atoms with Gasteiger partial charge in [0.15, 0.2) is 5.13 Å². The summed E-state index contributed by atoms with van der Waals surface area (Å²) in [4.78, 5) is 24.7. The van der Waals surface area contributed by atoms with Crippen LogP contribution in [0.2, 0.25) is 0 Å². The monoisotopic (exact) mass is 517 g/mol. The standard InChI is InChI=1S/C26H23N5O3S2/c1-15-6-11-18-20(12-15)28-25(27-18)21(30-26-29-19-4-2-3-5-22(19)35-26)13-16-7-9-17(10-8-16)23-14-24(32)31-36(23,33)34/h2-12,21,23H,13-14H2,1H3,(H,27,28)(H,29,30)(H,31,32)/t21-,23?/m0/s1. The predicted molar refractivity (Wildman–Crippen MR) is 141 cm³/mol. The molecule has 10 heteroatoms. The second kappa shape index (κ2) is 8.72. The summed E-state index contributed by atoms with van der Waals surface area (Å²) in [6.07, 6.45) is 0.547. The number of aromatic amines is 1. The third kappa shape index (κ3) is 4.33. The van der Waals surface area contributed by atoms with Gasteiger partial charge in [-0.1, -0.05) is 53.8 Å². The van der Waals surface area contributed by atoms with Gasteiger partial charge < -0.3 is 10.3 Å². The Morgan fingerprint density at radius 3 is 2.61 bits per heavy atom. The molecule has 5 aromatic rings. The van der Waals surface area contributed by atoms with Crippen molar-refractivity contribution in [2.24, 2.45) is 0 Å². The minimum absolute atomic E-state index is 0.0537. The molecule has 1 amide bonds. The fourth-order valence-electron chi connectivity index (χ4n) is 4.56. The van der Waals surface area contributed by atoms with Gasteiger partial charge in [-0.15, -0.1) is 0 Å². The predicted octanol–water partition coefficient (Wildman–Crippen LogP) is 4.77. The molecular weight excluding hydrogens is 494 g/mol. The van der Waals surface area contributed by atoms with Crippen LogP contribution >= 0.6 is 11.3 Å². The van der Waals surface area contributed by atoms with E-state index in [9.17, 15) is 13.2 Å². The summed E-state index contributed by atoms with van der Waals surface area (Å²) >= 11 is 1.59. The molecule has 3 heterocycles. The summed E-state index contributed by atoms with van der Waals surface area (Å²) in [6, 6.07) is 21.3. The van der Waals surface area contributed by atoms with Gasteiger partial charge in [0.25, 0.3) is 0 Å². The van der Waals surface area contributed by atoms with Gasteiger partial charge in [-0.05, 0) is 54.3 Å². The van der Waals surface area contributed by atoms with Crippen LogP contribution in [0.3, 0.4) is 0 Å². The van der Waals surface area contributed by atoms with E-state index in [-0.39, 0.29) is 12.5 Å². The molecule has 182 valence electrons. The van der Waals surface area contributed by atoms with Gasteiger partial charge in [-0.3, -0.25) is 9.52 Å². The van der Waals surface area contributed by atoms with E-state index in [1.807, 2.05) is 55.5 Å². The molecule has 3 N–H and O–H groups in total. The number of H-pyrrole nitrogens is 1. The van der Waals surface area contributed by atoms with Gasteiger partial charge in [0.05, 0.1) is 33.7 Å². The van der Waals surface area contributed by atoms with Crippen LogP contribution in [0.4, 0.5) is 5.13 Å². The number of nitrogens with one attached hydrogen (secondary N) is 3. The molecule has 6 rings (SSSR count). The average molecular weight is 518 g/mol. The average Bonchev–Trinajstić information content (AvgIpc) is 3.52. The quantitative estimate of drug-likeness (QED) is 0.299. The molecule has 1 unspecified atom stereocenters. The molecule has 2 aromatic heterocycles. The number of aryl methyl sites for hydroxylation is 1. The second-order valence-corrected chi connectivity index (χ2v) is 11.9. The summed E-state index contributed by atoms with van der Waals surface area (Å²) < 4.78 is 27.7. The molecule has 2 atom stereocenters. The normalized spacial score (nSPS) is 17.9. The van der Waals surface area contributed by atoms with Crippen molar-refractivity contribution in [3.63, 3.8) is 0 Å². The van der Waals surface area contributed by atoms with Gasteiger partial charge >= 0.3 is 0 Å². The van der Waals surface area contributed by atoms with E-state index < -0.39 is 21.2 Å². The molecule has 1 fully saturated rings. The molecular formula is C26H23N5O3S2. The Kier molecular flexibility index (Phi) is 5.50. The highest BCUT2D eigenvalue weighted by molar-refractivity contribution is 7.90. The van der Waals surface area contributed by atoms with Crippen molar-refractivity contribution in [1.29, 1.82) is 0 Å². The number of nitrogens with zero attached hydrogens (tertiary/aromatic N) is 2. The topological polar surface area (TPSA) is 117 Å². The van der Waals surface area contributed by atoms with Crippen molar-refractivity contribution in [2.75, 3.05) is 5.32 Å². The largest absolute Gasteiger partial charge is 0.351 e. The van der Waals surface area contributed by atoms with Crippen LogP contribution in [0.5, 0.6) is 0 Å². The maximum Gasteiger partial charge on any atom is 0.242 e. The Labute approximate surface area is 211 Å². The van der Waals surface area contributed by atoms with Crippen LogP contribution in [0.15, 0.2) is 66.7 Å². The zero-order chi connectivity index (χ0) is 24.9. The van der Waals surface area contributed by atoms with Crippen molar-refractivity contribution in [3.8, 4) is 0 Å². The zero-order valence-corrected chi connectivity index (χ0v) is 21.0. The first-order chi connectivity index (χ1) is 17.3. The van der Waals surface area contributed by atoms with Gasteiger partial charge in [-0.25, -0.2) is 18.4 Å². The van der Waals surface area contributed by atoms with Crippen LogP contribution in [0, 0.1) is 6.92 Å². The van der Waals surface area contributed by atoms with Gasteiger partial charge in [0, 0.05) is 0 Å². The Hall–Kier alpha value is -3.76. The molecule has 1 saturated heterocycles. The van der Waals surface area contributed by atoms with Crippen molar-refractivity contribution < 1.29 is 13.2 Å². The summed E-state index contributed by atoms with van der Waals surface area (Å²) in [5.41, 5.74) is 5.56. The fraction of sp³-hybridized carbons (Fsp3) is 0.192. The Morgan fingerprint density at radius 1 is 1.06 bits per heavy atom. The van der Waals surface area contributed by atoms with E-state index in [4.69, 9.17) is 9.97 Å².